The number of benzene rings is 2. The SMILES string of the molecule is Cc1ccc([N+](=O)[O-])cc1NC(=O)c1ccc(-c2cccc(C(F)(F)F)c2)o1. The Hall–Kier alpha value is -3.62. The van der Waals surface area contributed by atoms with Gasteiger partial charge in [0, 0.05) is 17.7 Å². The second-order valence-electron chi connectivity index (χ2n) is 5.95. The molecule has 0 unspecified atom stereocenters. The van der Waals surface area contributed by atoms with Gasteiger partial charge in [-0.05, 0) is 36.8 Å². The van der Waals surface area contributed by atoms with Gasteiger partial charge in [-0.15, -0.1) is 0 Å². The summed E-state index contributed by atoms with van der Waals surface area (Å²) in [6.07, 6.45) is -4.50. The highest BCUT2D eigenvalue weighted by Gasteiger charge is 2.30. The van der Waals surface area contributed by atoms with Crippen molar-refractivity contribution >= 4 is 17.3 Å². The van der Waals surface area contributed by atoms with E-state index in [1.165, 1.54) is 42.5 Å². The minimum atomic E-state index is -4.50. The predicted molar refractivity (Wildman–Crippen MR) is 94.9 cm³/mol. The van der Waals surface area contributed by atoms with Crippen molar-refractivity contribution in [1.82, 2.24) is 0 Å². The van der Waals surface area contributed by atoms with Crippen molar-refractivity contribution in [2.24, 2.45) is 0 Å². The van der Waals surface area contributed by atoms with E-state index in [0.717, 1.165) is 12.1 Å². The molecule has 6 nitrogen and oxygen atoms in total. The van der Waals surface area contributed by atoms with E-state index in [4.69, 9.17) is 4.42 Å². The Balaban J connectivity index is 1.84. The highest BCUT2D eigenvalue weighted by Crippen LogP contribution is 2.33. The van der Waals surface area contributed by atoms with Gasteiger partial charge >= 0.3 is 6.18 Å². The Labute approximate surface area is 156 Å². The number of carbonyl (C=O) groups is 1. The molecule has 0 radical (unpaired) electrons. The van der Waals surface area contributed by atoms with E-state index in [1.807, 2.05) is 0 Å². The van der Waals surface area contributed by atoms with Crippen LogP contribution in [-0.4, -0.2) is 10.8 Å². The molecule has 9 heteroatoms. The van der Waals surface area contributed by atoms with Crippen molar-refractivity contribution in [3.63, 3.8) is 0 Å². The summed E-state index contributed by atoms with van der Waals surface area (Å²) in [5.41, 5.74) is -0.0233. The number of nitro groups is 1. The molecule has 0 bridgehead atoms. The van der Waals surface area contributed by atoms with Crippen LogP contribution in [0, 0.1) is 17.0 Å². The first-order valence-electron chi connectivity index (χ1n) is 7.99. The van der Waals surface area contributed by atoms with E-state index in [1.54, 1.807) is 6.92 Å². The Morgan fingerprint density at radius 3 is 2.54 bits per heavy atom. The highest BCUT2D eigenvalue weighted by molar-refractivity contribution is 6.03. The molecule has 1 N–H and O–H groups in total. The van der Waals surface area contributed by atoms with Gasteiger partial charge in [0.05, 0.1) is 16.2 Å². The zero-order valence-electron chi connectivity index (χ0n) is 14.4. The number of carbonyl (C=O) groups excluding carboxylic acids is 1. The number of amides is 1. The monoisotopic (exact) mass is 390 g/mol. The number of nitrogens with zero attached hydrogens (tertiary/aromatic N) is 1. The second kappa shape index (κ2) is 7.18. The molecule has 0 aliphatic rings. The van der Waals surface area contributed by atoms with Crippen LogP contribution in [0.5, 0.6) is 0 Å². The molecule has 1 amide bonds. The van der Waals surface area contributed by atoms with E-state index in [9.17, 15) is 28.1 Å². The molecule has 0 saturated carbocycles. The molecule has 0 aliphatic carbocycles. The second-order valence-corrected chi connectivity index (χ2v) is 5.95. The van der Waals surface area contributed by atoms with Crippen LogP contribution in [0.1, 0.15) is 21.7 Å². The molecule has 3 rings (SSSR count). The summed E-state index contributed by atoms with van der Waals surface area (Å²) in [5.74, 6) is -0.729. The molecular weight excluding hydrogens is 377 g/mol. The molecule has 0 spiro atoms. The number of non-ortho nitro benzene ring substituents is 1. The fourth-order valence-corrected chi connectivity index (χ4v) is 2.51. The minimum Gasteiger partial charge on any atom is -0.451 e. The molecule has 0 saturated heterocycles. The number of halogens is 3. The standard InChI is InChI=1S/C19H13F3N2O4/c1-11-5-6-14(24(26)27)10-15(11)23-18(25)17-8-7-16(28-17)12-3-2-4-13(9-12)19(20,21)22/h2-10H,1H3,(H,23,25). The summed E-state index contributed by atoms with van der Waals surface area (Å²) in [4.78, 5) is 22.6. The number of rotatable bonds is 4. The Morgan fingerprint density at radius 2 is 1.86 bits per heavy atom. The molecule has 2 aromatic carbocycles. The zero-order chi connectivity index (χ0) is 20.5. The van der Waals surface area contributed by atoms with Crippen molar-refractivity contribution in [3.8, 4) is 11.3 Å². The molecule has 1 heterocycles. The molecule has 28 heavy (non-hydrogen) atoms. The van der Waals surface area contributed by atoms with E-state index in [-0.39, 0.29) is 28.5 Å². The number of hydrogen-bond donors (Lipinski definition) is 1. The molecule has 144 valence electrons. The van der Waals surface area contributed by atoms with Gasteiger partial charge in [0.25, 0.3) is 11.6 Å². The summed E-state index contributed by atoms with van der Waals surface area (Å²) in [6, 6.07) is 11.2. The Morgan fingerprint density at radius 1 is 1.11 bits per heavy atom. The third kappa shape index (κ3) is 4.03. The van der Waals surface area contributed by atoms with Crippen molar-refractivity contribution in [1.29, 1.82) is 0 Å². The number of hydrogen-bond acceptors (Lipinski definition) is 4. The fourth-order valence-electron chi connectivity index (χ4n) is 2.51. The minimum absolute atomic E-state index is 0.0898. The largest absolute Gasteiger partial charge is 0.451 e. The van der Waals surface area contributed by atoms with Gasteiger partial charge in [-0.3, -0.25) is 14.9 Å². The van der Waals surface area contributed by atoms with Crippen molar-refractivity contribution < 1.29 is 27.3 Å². The summed E-state index contributed by atoms with van der Waals surface area (Å²) < 4.78 is 43.9. The van der Waals surface area contributed by atoms with Crippen LogP contribution in [0.25, 0.3) is 11.3 Å². The Bertz CT molecular complexity index is 1060. The van der Waals surface area contributed by atoms with Crippen molar-refractivity contribution in [3.05, 3.63) is 81.6 Å². The van der Waals surface area contributed by atoms with Crippen LogP contribution in [-0.2, 0) is 6.18 Å². The lowest BCUT2D eigenvalue weighted by molar-refractivity contribution is -0.384. The van der Waals surface area contributed by atoms with Gasteiger partial charge < -0.3 is 9.73 Å². The molecule has 0 aliphatic heterocycles. The predicted octanol–water partition coefficient (Wildman–Crippen LogP) is 5.43. The first-order valence-corrected chi connectivity index (χ1v) is 7.99. The summed E-state index contributed by atoms with van der Waals surface area (Å²) >= 11 is 0. The molecule has 3 aromatic rings. The van der Waals surface area contributed by atoms with Gasteiger partial charge in [0.2, 0.25) is 0 Å². The van der Waals surface area contributed by atoms with Crippen LogP contribution in [0.15, 0.2) is 59.0 Å². The quantitative estimate of drug-likeness (QED) is 0.475. The molecule has 0 atom stereocenters. The van der Waals surface area contributed by atoms with Crippen LogP contribution < -0.4 is 5.32 Å². The van der Waals surface area contributed by atoms with E-state index < -0.39 is 22.6 Å². The Kier molecular flexibility index (Phi) is 4.91. The summed E-state index contributed by atoms with van der Waals surface area (Å²) in [5, 5.41) is 13.4. The number of alkyl halides is 3. The van der Waals surface area contributed by atoms with Crippen LogP contribution in [0.3, 0.4) is 0 Å². The number of nitrogens with one attached hydrogen (secondary N) is 1. The van der Waals surface area contributed by atoms with Crippen LogP contribution in [0.2, 0.25) is 0 Å². The van der Waals surface area contributed by atoms with Crippen LogP contribution in [0.4, 0.5) is 24.5 Å². The molecular formula is C19H13F3N2O4. The van der Waals surface area contributed by atoms with Crippen molar-refractivity contribution in [2.75, 3.05) is 5.32 Å². The summed E-state index contributed by atoms with van der Waals surface area (Å²) in [7, 11) is 0. The van der Waals surface area contributed by atoms with Gasteiger partial charge in [-0.2, -0.15) is 13.2 Å². The van der Waals surface area contributed by atoms with E-state index >= 15 is 0 Å². The smallest absolute Gasteiger partial charge is 0.416 e. The first kappa shape index (κ1) is 19.2. The third-order valence-corrected chi connectivity index (χ3v) is 3.98. The van der Waals surface area contributed by atoms with E-state index in [2.05, 4.69) is 5.32 Å². The average Bonchev–Trinajstić information content (AvgIpc) is 3.13. The maximum absolute atomic E-state index is 12.8. The molecule has 1 aromatic heterocycles. The average molecular weight is 390 g/mol. The van der Waals surface area contributed by atoms with Crippen molar-refractivity contribution in [2.45, 2.75) is 13.1 Å². The number of furan rings is 1. The number of aryl methyl sites for hydroxylation is 1. The van der Waals surface area contributed by atoms with Crippen LogP contribution >= 0.6 is 0 Å². The first-order chi connectivity index (χ1) is 13.1. The van der Waals surface area contributed by atoms with Gasteiger partial charge in [0.1, 0.15) is 5.76 Å². The lowest BCUT2D eigenvalue weighted by atomic mass is 10.1. The van der Waals surface area contributed by atoms with Gasteiger partial charge in [-0.25, -0.2) is 0 Å². The number of nitro benzene ring substituents is 1. The lowest BCUT2D eigenvalue weighted by Gasteiger charge is -2.08. The summed E-state index contributed by atoms with van der Waals surface area (Å²) in [6.45, 7) is 1.66. The van der Waals surface area contributed by atoms with E-state index in [0.29, 0.717) is 5.56 Å². The lowest BCUT2D eigenvalue weighted by Crippen LogP contribution is -2.12. The topological polar surface area (TPSA) is 85.4 Å². The maximum Gasteiger partial charge on any atom is 0.416 e. The normalized spacial score (nSPS) is 11.3. The van der Waals surface area contributed by atoms with Gasteiger partial charge in [-0.1, -0.05) is 18.2 Å². The third-order valence-electron chi connectivity index (χ3n) is 3.98. The maximum atomic E-state index is 12.8. The zero-order valence-corrected chi connectivity index (χ0v) is 14.4. The molecule has 0 fully saturated rings. The number of anilines is 1. The van der Waals surface area contributed by atoms with Gasteiger partial charge in [0.15, 0.2) is 5.76 Å². The highest BCUT2D eigenvalue weighted by atomic mass is 19.4. The fraction of sp³-hybridized carbons (Fsp3) is 0.105.